The molecule has 1 spiro atoms. The Morgan fingerprint density at radius 1 is 1.43 bits per heavy atom. The van der Waals surface area contributed by atoms with Crippen molar-refractivity contribution in [1.82, 2.24) is 4.90 Å². The molecule has 80 valence electrons. The second kappa shape index (κ2) is 3.87. The van der Waals surface area contributed by atoms with E-state index in [1.165, 1.54) is 0 Å². The van der Waals surface area contributed by atoms with E-state index in [0.29, 0.717) is 13.2 Å². The second-order valence-electron chi connectivity index (χ2n) is 4.09. The number of hydrogen-bond donors (Lipinski definition) is 1. The summed E-state index contributed by atoms with van der Waals surface area (Å²) in [6.45, 7) is 1.96. The lowest BCUT2D eigenvalue weighted by Gasteiger charge is -2.42. The summed E-state index contributed by atoms with van der Waals surface area (Å²) in [5.41, 5.74) is -0.388. The maximum absolute atomic E-state index is 11.8. The number of esters is 1. The molecule has 0 amide bonds. The van der Waals surface area contributed by atoms with Crippen LogP contribution in [0.15, 0.2) is 0 Å². The summed E-state index contributed by atoms with van der Waals surface area (Å²) in [7, 11) is 0. The zero-order chi connectivity index (χ0) is 10.0. The second-order valence-corrected chi connectivity index (χ2v) is 4.09. The number of aliphatic hydroxyl groups is 1. The maximum Gasteiger partial charge on any atom is 0.326 e. The average molecular weight is 199 g/mol. The zero-order valence-electron chi connectivity index (χ0n) is 8.37. The molecule has 0 radical (unpaired) electrons. The number of carbonyl (C=O) groups excluding carboxylic acids is 1. The van der Waals surface area contributed by atoms with E-state index in [0.717, 1.165) is 32.2 Å². The highest BCUT2D eigenvalue weighted by Crippen LogP contribution is 2.37. The first-order valence-corrected chi connectivity index (χ1v) is 5.33. The Hall–Kier alpha value is -0.610. The molecule has 2 fully saturated rings. The van der Waals surface area contributed by atoms with Gasteiger partial charge in [-0.2, -0.15) is 0 Å². The van der Waals surface area contributed by atoms with Gasteiger partial charge in [-0.1, -0.05) is 12.8 Å². The molecular weight excluding hydrogens is 182 g/mol. The van der Waals surface area contributed by atoms with E-state index in [1.807, 2.05) is 0 Å². The van der Waals surface area contributed by atoms with Crippen LogP contribution in [0.5, 0.6) is 0 Å². The van der Waals surface area contributed by atoms with Crippen molar-refractivity contribution in [3.05, 3.63) is 0 Å². The van der Waals surface area contributed by atoms with Gasteiger partial charge in [0.2, 0.25) is 0 Å². The summed E-state index contributed by atoms with van der Waals surface area (Å²) >= 11 is 0. The molecule has 14 heavy (non-hydrogen) atoms. The van der Waals surface area contributed by atoms with Gasteiger partial charge in [-0.05, 0) is 12.8 Å². The average Bonchev–Trinajstić information content (AvgIpc) is 2.64. The molecule has 1 aliphatic heterocycles. The van der Waals surface area contributed by atoms with Crippen LogP contribution in [0.4, 0.5) is 0 Å². The van der Waals surface area contributed by atoms with E-state index >= 15 is 0 Å². The maximum atomic E-state index is 11.8. The van der Waals surface area contributed by atoms with Crippen molar-refractivity contribution in [1.29, 1.82) is 0 Å². The lowest BCUT2D eigenvalue weighted by Crippen LogP contribution is -2.59. The Bertz CT molecular complexity index is 221. The van der Waals surface area contributed by atoms with Gasteiger partial charge in [-0.3, -0.25) is 9.69 Å². The normalized spacial score (nSPS) is 26.8. The Morgan fingerprint density at radius 3 is 2.79 bits per heavy atom. The third-order valence-electron chi connectivity index (χ3n) is 3.38. The Labute approximate surface area is 83.8 Å². The largest absolute Gasteiger partial charge is 0.463 e. The van der Waals surface area contributed by atoms with Gasteiger partial charge in [0.15, 0.2) is 0 Å². The standard InChI is InChI=1S/C10H17NO3/c12-7-5-11-6-8-14-9(13)10(11)3-1-2-4-10/h12H,1-8H2. The molecule has 0 atom stereocenters. The fourth-order valence-electron chi connectivity index (χ4n) is 2.65. The van der Waals surface area contributed by atoms with E-state index in [9.17, 15) is 4.79 Å². The number of morpholine rings is 1. The molecule has 4 nitrogen and oxygen atoms in total. The van der Waals surface area contributed by atoms with Crippen LogP contribution < -0.4 is 0 Å². The summed E-state index contributed by atoms with van der Waals surface area (Å²) < 4.78 is 5.13. The van der Waals surface area contributed by atoms with Crippen LogP contribution >= 0.6 is 0 Å². The van der Waals surface area contributed by atoms with Crippen molar-refractivity contribution < 1.29 is 14.6 Å². The van der Waals surface area contributed by atoms with E-state index in [1.54, 1.807) is 0 Å². The topological polar surface area (TPSA) is 49.8 Å². The van der Waals surface area contributed by atoms with Crippen LogP contribution in [0.25, 0.3) is 0 Å². The van der Waals surface area contributed by atoms with Gasteiger partial charge in [-0.25, -0.2) is 0 Å². The molecule has 1 saturated carbocycles. The number of cyclic esters (lactones) is 1. The van der Waals surface area contributed by atoms with Crippen molar-refractivity contribution in [2.75, 3.05) is 26.3 Å². The van der Waals surface area contributed by atoms with E-state index in [2.05, 4.69) is 4.90 Å². The summed E-state index contributed by atoms with van der Waals surface area (Å²) in [4.78, 5) is 13.9. The van der Waals surface area contributed by atoms with Crippen LogP contribution in [-0.4, -0.2) is 47.8 Å². The van der Waals surface area contributed by atoms with Crippen molar-refractivity contribution >= 4 is 5.97 Å². The number of rotatable bonds is 2. The fourth-order valence-corrected chi connectivity index (χ4v) is 2.65. The van der Waals surface area contributed by atoms with Crippen molar-refractivity contribution in [2.24, 2.45) is 0 Å². The summed E-state index contributed by atoms with van der Waals surface area (Å²) in [6, 6.07) is 0. The number of hydrogen-bond acceptors (Lipinski definition) is 4. The zero-order valence-corrected chi connectivity index (χ0v) is 8.37. The van der Waals surface area contributed by atoms with Crippen LogP contribution in [-0.2, 0) is 9.53 Å². The minimum Gasteiger partial charge on any atom is -0.463 e. The quantitative estimate of drug-likeness (QED) is 0.643. The molecule has 2 aliphatic rings. The molecule has 0 bridgehead atoms. The Morgan fingerprint density at radius 2 is 2.14 bits per heavy atom. The summed E-state index contributed by atoms with van der Waals surface area (Å²) in [5.74, 6) is -0.0744. The first-order valence-electron chi connectivity index (χ1n) is 5.33. The molecule has 1 aliphatic carbocycles. The molecule has 4 heteroatoms. The monoisotopic (exact) mass is 199 g/mol. The molecule has 0 aromatic rings. The minimum absolute atomic E-state index is 0.0744. The van der Waals surface area contributed by atoms with Crippen molar-refractivity contribution in [3.8, 4) is 0 Å². The lowest BCUT2D eigenvalue weighted by atomic mass is 9.94. The van der Waals surface area contributed by atoms with Gasteiger partial charge in [0.1, 0.15) is 12.1 Å². The van der Waals surface area contributed by atoms with Crippen LogP contribution in [0.3, 0.4) is 0 Å². The molecule has 1 N–H and O–H groups in total. The molecule has 0 aromatic heterocycles. The number of carbonyl (C=O) groups is 1. The summed E-state index contributed by atoms with van der Waals surface area (Å²) in [6.07, 6.45) is 3.98. The Kier molecular flexibility index (Phi) is 2.74. The third kappa shape index (κ3) is 1.42. The van der Waals surface area contributed by atoms with E-state index in [-0.39, 0.29) is 18.1 Å². The van der Waals surface area contributed by atoms with Crippen LogP contribution in [0, 0.1) is 0 Å². The van der Waals surface area contributed by atoms with Crippen LogP contribution in [0.1, 0.15) is 25.7 Å². The first kappa shape index (κ1) is 9.93. The molecular formula is C10H17NO3. The van der Waals surface area contributed by atoms with Crippen molar-refractivity contribution in [2.45, 2.75) is 31.2 Å². The Balaban J connectivity index is 2.16. The van der Waals surface area contributed by atoms with Gasteiger partial charge in [0.25, 0.3) is 0 Å². The predicted molar refractivity (Wildman–Crippen MR) is 50.8 cm³/mol. The first-order chi connectivity index (χ1) is 6.79. The molecule has 1 saturated heterocycles. The van der Waals surface area contributed by atoms with E-state index < -0.39 is 0 Å². The lowest BCUT2D eigenvalue weighted by molar-refractivity contribution is -0.168. The minimum atomic E-state index is -0.388. The predicted octanol–water partition coefficient (Wildman–Crippen LogP) is 0.150. The molecule has 2 rings (SSSR count). The van der Waals surface area contributed by atoms with Gasteiger partial charge in [0, 0.05) is 13.1 Å². The highest BCUT2D eigenvalue weighted by Gasteiger charge is 2.49. The van der Waals surface area contributed by atoms with Crippen molar-refractivity contribution in [3.63, 3.8) is 0 Å². The number of nitrogens with zero attached hydrogens (tertiary/aromatic N) is 1. The fraction of sp³-hybridized carbons (Fsp3) is 0.900. The third-order valence-corrected chi connectivity index (χ3v) is 3.38. The van der Waals surface area contributed by atoms with Crippen LogP contribution in [0.2, 0.25) is 0 Å². The molecule has 1 heterocycles. The molecule has 0 unspecified atom stereocenters. The number of β-amino-alcohol motifs (C(OH)–C–C–N with tert-alkyl or cyclic N) is 1. The van der Waals surface area contributed by atoms with Gasteiger partial charge < -0.3 is 9.84 Å². The highest BCUT2D eigenvalue weighted by molar-refractivity contribution is 5.81. The van der Waals surface area contributed by atoms with Gasteiger partial charge in [0.05, 0.1) is 6.61 Å². The van der Waals surface area contributed by atoms with E-state index in [4.69, 9.17) is 9.84 Å². The molecule has 0 aromatic carbocycles. The SMILES string of the molecule is O=C1OCCN(CCO)C12CCCC2. The number of aliphatic hydroxyl groups excluding tert-OH is 1. The highest BCUT2D eigenvalue weighted by atomic mass is 16.5. The summed E-state index contributed by atoms with van der Waals surface area (Å²) in [5, 5.41) is 8.95. The number of ether oxygens (including phenoxy) is 1. The van der Waals surface area contributed by atoms with Gasteiger partial charge in [-0.15, -0.1) is 0 Å². The van der Waals surface area contributed by atoms with Gasteiger partial charge >= 0.3 is 5.97 Å². The smallest absolute Gasteiger partial charge is 0.326 e.